The van der Waals surface area contributed by atoms with E-state index in [2.05, 4.69) is 26.1 Å². The molecule has 2 amide bonds. The summed E-state index contributed by atoms with van der Waals surface area (Å²) in [7, 11) is -1.57. The van der Waals surface area contributed by atoms with Gasteiger partial charge in [-0.05, 0) is 33.1 Å². The van der Waals surface area contributed by atoms with Crippen molar-refractivity contribution in [3.63, 3.8) is 0 Å². The Morgan fingerprint density at radius 1 is 0.896 bits per heavy atom. The van der Waals surface area contributed by atoms with Gasteiger partial charge in [0.15, 0.2) is 12.2 Å². The molecule has 4 atom stereocenters. The highest BCUT2D eigenvalue weighted by Gasteiger charge is 2.67. The molecule has 2 fully saturated rings. The van der Waals surface area contributed by atoms with E-state index in [0.29, 0.717) is 5.75 Å². The maximum atomic E-state index is 14.4. The highest BCUT2D eigenvalue weighted by atomic mass is 28.4. The van der Waals surface area contributed by atoms with Crippen molar-refractivity contribution in [1.29, 1.82) is 0 Å². The number of hydrogen-bond donors (Lipinski definition) is 1. The second kappa shape index (κ2) is 13.9. The van der Waals surface area contributed by atoms with Gasteiger partial charge in [0.2, 0.25) is 5.91 Å². The van der Waals surface area contributed by atoms with Crippen LogP contribution in [0, 0.1) is 0 Å². The van der Waals surface area contributed by atoms with Gasteiger partial charge in [-0.1, -0.05) is 93.6 Å². The molecule has 0 aliphatic carbocycles. The van der Waals surface area contributed by atoms with Gasteiger partial charge >= 0.3 is 11.9 Å². The standard InChI is InChI=1S/C36H42N2O9Si/c1-24(39)45-32-30(23-44-48(35(3,4)5,28-13-9-7-10-14-28)29-15-11-8-12-16-29)47-36(33(32)46-25(2)40)34(42)38(22-31(41)37-36)21-26-17-19-27(43-6)20-18-26/h7-20,30,32-33H,21-23H2,1-6H3,(H,37,41)/t30-,32+,33+,36+/m1/s1. The molecule has 2 heterocycles. The van der Waals surface area contributed by atoms with Gasteiger partial charge in [0, 0.05) is 20.4 Å². The summed E-state index contributed by atoms with van der Waals surface area (Å²) < 4.78 is 30.3. The summed E-state index contributed by atoms with van der Waals surface area (Å²) in [4.78, 5) is 54.0. The molecule has 11 nitrogen and oxygen atoms in total. The van der Waals surface area contributed by atoms with Crippen LogP contribution in [0.2, 0.25) is 5.04 Å². The Balaban J connectivity index is 1.56. The first-order valence-electron chi connectivity index (χ1n) is 15.8. The van der Waals surface area contributed by atoms with Crippen molar-refractivity contribution in [1.82, 2.24) is 10.2 Å². The molecule has 254 valence electrons. The molecule has 0 radical (unpaired) electrons. The Morgan fingerprint density at radius 2 is 1.46 bits per heavy atom. The lowest BCUT2D eigenvalue weighted by Gasteiger charge is -2.43. The van der Waals surface area contributed by atoms with Crippen LogP contribution in [-0.2, 0) is 44.4 Å². The van der Waals surface area contributed by atoms with Crippen LogP contribution in [0.3, 0.4) is 0 Å². The second-order valence-electron chi connectivity index (χ2n) is 13.0. The van der Waals surface area contributed by atoms with Gasteiger partial charge in [0.05, 0.1) is 13.7 Å². The van der Waals surface area contributed by atoms with Crippen molar-refractivity contribution in [2.75, 3.05) is 20.3 Å². The Kier molecular flexibility index (Phi) is 10.1. The Morgan fingerprint density at radius 3 is 1.96 bits per heavy atom. The molecular formula is C36H42N2O9Si. The third-order valence-corrected chi connectivity index (χ3v) is 13.7. The van der Waals surface area contributed by atoms with Crippen molar-refractivity contribution in [3.8, 4) is 5.75 Å². The number of esters is 2. The zero-order valence-electron chi connectivity index (χ0n) is 28.1. The molecule has 0 unspecified atom stereocenters. The molecule has 1 spiro atoms. The van der Waals surface area contributed by atoms with Crippen LogP contribution < -0.4 is 20.4 Å². The lowest BCUT2D eigenvalue weighted by Crippen LogP contribution is -2.71. The van der Waals surface area contributed by atoms with Crippen molar-refractivity contribution in [2.24, 2.45) is 0 Å². The van der Waals surface area contributed by atoms with E-state index in [4.69, 9.17) is 23.4 Å². The Hall–Kier alpha value is -4.52. The van der Waals surface area contributed by atoms with E-state index in [1.807, 2.05) is 60.7 Å². The van der Waals surface area contributed by atoms with Crippen LogP contribution in [0.4, 0.5) is 0 Å². The van der Waals surface area contributed by atoms with E-state index in [1.165, 1.54) is 18.7 Å². The number of nitrogens with one attached hydrogen (secondary N) is 1. The summed E-state index contributed by atoms with van der Waals surface area (Å²) in [6.07, 6.45) is -3.89. The topological polar surface area (TPSA) is 130 Å². The number of nitrogens with zero attached hydrogens (tertiary/aromatic N) is 1. The Labute approximate surface area is 281 Å². The molecule has 0 bridgehead atoms. The minimum atomic E-state index is -3.13. The summed E-state index contributed by atoms with van der Waals surface area (Å²) in [5, 5.41) is 4.28. The molecule has 0 aromatic heterocycles. The lowest BCUT2D eigenvalue weighted by molar-refractivity contribution is -0.192. The van der Waals surface area contributed by atoms with Crippen LogP contribution in [-0.4, -0.2) is 81.3 Å². The number of ether oxygens (including phenoxy) is 4. The van der Waals surface area contributed by atoms with Gasteiger partial charge in [-0.15, -0.1) is 0 Å². The van der Waals surface area contributed by atoms with Crippen molar-refractivity contribution in [2.45, 2.75) is 70.2 Å². The monoisotopic (exact) mass is 674 g/mol. The number of rotatable bonds is 10. The van der Waals surface area contributed by atoms with Gasteiger partial charge in [-0.3, -0.25) is 19.2 Å². The first kappa shape index (κ1) is 34.8. The molecule has 2 saturated heterocycles. The van der Waals surface area contributed by atoms with Gasteiger partial charge < -0.3 is 33.6 Å². The lowest BCUT2D eigenvalue weighted by atomic mass is 9.98. The maximum Gasteiger partial charge on any atom is 0.303 e. The molecule has 3 aromatic rings. The largest absolute Gasteiger partial charge is 0.497 e. The van der Waals surface area contributed by atoms with E-state index in [-0.39, 0.29) is 19.7 Å². The highest BCUT2D eigenvalue weighted by Crippen LogP contribution is 2.41. The van der Waals surface area contributed by atoms with Crippen LogP contribution in [0.15, 0.2) is 84.9 Å². The van der Waals surface area contributed by atoms with Crippen molar-refractivity contribution in [3.05, 3.63) is 90.5 Å². The zero-order valence-corrected chi connectivity index (χ0v) is 29.1. The third-order valence-electron chi connectivity index (χ3n) is 8.68. The van der Waals surface area contributed by atoms with Crippen LogP contribution in [0.25, 0.3) is 0 Å². The first-order chi connectivity index (χ1) is 22.8. The van der Waals surface area contributed by atoms with Crippen LogP contribution in [0.1, 0.15) is 40.2 Å². The summed E-state index contributed by atoms with van der Waals surface area (Å²) in [6.45, 7) is 8.39. The average Bonchev–Trinajstić information content (AvgIpc) is 3.31. The smallest absolute Gasteiger partial charge is 0.303 e. The highest BCUT2D eigenvalue weighted by molar-refractivity contribution is 6.99. The molecule has 5 rings (SSSR count). The van der Waals surface area contributed by atoms with Gasteiger partial charge in [-0.25, -0.2) is 0 Å². The third kappa shape index (κ3) is 6.73. The molecule has 2 aliphatic heterocycles. The number of carbonyl (C=O) groups excluding carboxylic acids is 4. The number of amides is 2. The first-order valence-corrected chi connectivity index (χ1v) is 17.7. The van der Waals surface area contributed by atoms with Crippen LogP contribution >= 0.6 is 0 Å². The minimum absolute atomic E-state index is 0.0651. The van der Waals surface area contributed by atoms with Crippen molar-refractivity contribution < 1.29 is 42.6 Å². The fraction of sp³-hybridized carbons (Fsp3) is 0.389. The summed E-state index contributed by atoms with van der Waals surface area (Å²) >= 11 is 0. The normalized spacial score (nSPS) is 22.7. The number of hydrogen-bond acceptors (Lipinski definition) is 9. The molecule has 1 N–H and O–H groups in total. The van der Waals surface area contributed by atoms with E-state index in [1.54, 1.807) is 31.4 Å². The average molecular weight is 675 g/mol. The predicted octanol–water partition coefficient (Wildman–Crippen LogP) is 2.69. The van der Waals surface area contributed by atoms with Crippen LogP contribution in [0.5, 0.6) is 5.75 Å². The van der Waals surface area contributed by atoms with E-state index in [9.17, 15) is 19.2 Å². The molecule has 12 heteroatoms. The van der Waals surface area contributed by atoms with E-state index >= 15 is 0 Å². The number of methoxy groups -OCH3 is 1. The fourth-order valence-corrected chi connectivity index (χ4v) is 11.3. The minimum Gasteiger partial charge on any atom is -0.497 e. The fourth-order valence-electron chi connectivity index (χ4n) is 6.69. The molecule has 3 aromatic carbocycles. The molecule has 2 aliphatic rings. The number of benzene rings is 3. The molecule has 48 heavy (non-hydrogen) atoms. The summed E-state index contributed by atoms with van der Waals surface area (Å²) in [5.74, 6) is -1.97. The summed E-state index contributed by atoms with van der Waals surface area (Å²) in [5.41, 5.74) is -1.44. The van der Waals surface area contributed by atoms with Gasteiger partial charge in [-0.2, -0.15) is 0 Å². The van der Waals surface area contributed by atoms with Gasteiger partial charge in [0.1, 0.15) is 18.4 Å². The Bertz CT molecular complexity index is 1590. The van der Waals surface area contributed by atoms with E-state index in [0.717, 1.165) is 15.9 Å². The summed E-state index contributed by atoms with van der Waals surface area (Å²) in [6, 6.07) is 26.9. The number of carbonyl (C=O) groups is 4. The second-order valence-corrected chi connectivity index (χ2v) is 17.3. The van der Waals surface area contributed by atoms with Gasteiger partial charge in [0.25, 0.3) is 19.9 Å². The van der Waals surface area contributed by atoms with Crippen molar-refractivity contribution >= 4 is 42.4 Å². The SMILES string of the molecule is COc1ccc(CN2CC(=O)N[C@@]3(O[C@H](CO[Si](c4ccccc4)(c4ccccc4)C(C)(C)C)[C@H](OC(C)=O)[C@@H]3OC(C)=O)C2=O)cc1. The maximum absolute atomic E-state index is 14.4. The molecule has 0 saturated carbocycles. The zero-order chi connectivity index (χ0) is 34.7. The quantitative estimate of drug-likeness (QED) is 0.255. The number of piperazine rings is 1. The predicted molar refractivity (Wildman–Crippen MR) is 179 cm³/mol. The molecular weight excluding hydrogens is 632 g/mol. The van der Waals surface area contributed by atoms with E-state index < -0.39 is 61.1 Å².